The van der Waals surface area contributed by atoms with Crippen LogP contribution in [0.2, 0.25) is 0 Å². The van der Waals surface area contributed by atoms with E-state index < -0.39 is 0 Å². The molecule has 160 valence electrons. The lowest BCUT2D eigenvalue weighted by molar-refractivity contribution is 0.0960. The molecule has 0 aliphatic carbocycles. The number of aromatic nitrogens is 2. The molecule has 0 saturated carbocycles. The molecule has 0 aliphatic rings. The molecule has 0 unspecified atom stereocenters. The van der Waals surface area contributed by atoms with Crippen molar-refractivity contribution < 1.29 is 4.79 Å². The first-order valence-corrected chi connectivity index (χ1v) is 10.8. The average molecular weight is 428 g/mol. The molecule has 0 fully saturated rings. The van der Waals surface area contributed by atoms with Crippen LogP contribution < -0.4 is 16.5 Å². The fourth-order valence-electron chi connectivity index (χ4n) is 3.15. The van der Waals surface area contributed by atoms with Crippen LogP contribution in [0.15, 0.2) is 29.5 Å². The molecule has 0 aliphatic heterocycles. The fraction of sp³-hybridized carbons (Fsp3) is 0.381. The van der Waals surface area contributed by atoms with Gasteiger partial charge in [0.05, 0.1) is 17.6 Å². The Hall–Kier alpha value is -2.91. The number of hydrogen-bond donors (Lipinski definition) is 3. The van der Waals surface area contributed by atoms with Gasteiger partial charge in [-0.15, -0.1) is 11.3 Å². The number of nitrogen functional groups attached to an aromatic ring is 1. The van der Waals surface area contributed by atoms with E-state index in [1.807, 2.05) is 50.1 Å². The van der Waals surface area contributed by atoms with Gasteiger partial charge in [-0.05, 0) is 44.3 Å². The summed E-state index contributed by atoms with van der Waals surface area (Å²) in [6.45, 7) is 3.82. The van der Waals surface area contributed by atoms with E-state index in [2.05, 4.69) is 27.7 Å². The summed E-state index contributed by atoms with van der Waals surface area (Å²) in [4.78, 5) is 20.7. The molecule has 3 rings (SSSR count). The quantitative estimate of drug-likeness (QED) is 0.360. The minimum Gasteiger partial charge on any atom is -0.397 e. The number of pyridine rings is 1. The van der Waals surface area contributed by atoms with Crippen molar-refractivity contribution in [3.63, 3.8) is 0 Å². The molecule has 3 aromatic rings. The zero-order valence-corrected chi connectivity index (χ0v) is 18.7. The van der Waals surface area contributed by atoms with Gasteiger partial charge >= 0.3 is 0 Å². The van der Waals surface area contributed by atoms with E-state index >= 15 is 0 Å². The van der Waals surface area contributed by atoms with Crippen molar-refractivity contribution in [2.24, 2.45) is 12.1 Å². The van der Waals surface area contributed by atoms with Crippen LogP contribution in [-0.2, 0) is 13.5 Å². The molecule has 0 bridgehead atoms. The predicted octanol–water partition coefficient (Wildman–Crippen LogP) is 2.91. The first kappa shape index (κ1) is 21.8. The maximum absolute atomic E-state index is 12.7. The number of fused-ring (bicyclic) bond motifs is 1. The van der Waals surface area contributed by atoms with Crippen LogP contribution in [0.1, 0.15) is 34.3 Å². The van der Waals surface area contributed by atoms with Gasteiger partial charge in [0, 0.05) is 31.7 Å². The summed E-state index contributed by atoms with van der Waals surface area (Å²) >= 11 is 1.30. The number of rotatable bonds is 9. The summed E-state index contributed by atoms with van der Waals surface area (Å²) in [6, 6.07) is 5.87. The summed E-state index contributed by atoms with van der Waals surface area (Å²) in [6.07, 6.45) is 5.37. The minimum absolute atomic E-state index is 0.328. The number of hydrogen-bond acceptors (Lipinski definition) is 7. The number of thiophene rings is 1. The Morgan fingerprint density at radius 3 is 2.90 bits per heavy atom. The van der Waals surface area contributed by atoms with Crippen LogP contribution in [0, 0.1) is 0 Å². The second-order valence-corrected chi connectivity index (χ2v) is 8.41. The van der Waals surface area contributed by atoms with Crippen molar-refractivity contribution in [1.29, 1.82) is 0 Å². The van der Waals surface area contributed by atoms with Crippen molar-refractivity contribution in [3.05, 3.63) is 40.5 Å². The molecule has 0 saturated heterocycles. The zero-order chi connectivity index (χ0) is 21.7. The average Bonchev–Trinajstić information content (AvgIpc) is 3.25. The summed E-state index contributed by atoms with van der Waals surface area (Å²) in [5.41, 5.74) is 11.4. The summed E-state index contributed by atoms with van der Waals surface area (Å²) in [5, 5.41) is 8.30. The molecule has 30 heavy (non-hydrogen) atoms. The number of hydrazone groups is 1. The highest BCUT2D eigenvalue weighted by Gasteiger charge is 2.20. The number of likely N-dealkylation sites (N-methyl/N-ethyl adjacent to an activating group) is 1. The van der Waals surface area contributed by atoms with Gasteiger partial charge in [0.15, 0.2) is 0 Å². The summed E-state index contributed by atoms with van der Waals surface area (Å²) in [5.74, 6) is 0.480. The zero-order valence-electron chi connectivity index (χ0n) is 17.9. The molecular weight excluding hydrogens is 398 g/mol. The number of amides is 1. The molecule has 9 heteroatoms. The monoisotopic (exact) mass is 427 g/mol. The number of nitrogens with two attached hydrogens (primary N) is 1. The Morgan fingerprint density at radius 2 is 2.23 bits per heavy atom. The molecule has 3 heterocycles. The molecule has 0 spiro atoms. The number of anilines is 2. The minimum atomic E-state index is -0.328. The van der Waals surface area contributed by atoms with Gasteiger partial charge in [-0.2, -0.15) is 5.10 Å². The number of nitrogens with zero attached hydrogens (tertiary/aromatic N) is 4. The lowest BCUT2D eigenvalue weighted by Crippen LogP contribution is -2.21. The van der Waals surface area contributed by atoms with E-state index in [9.17, 15) is 4.79 Å². The smallest absolute Gasteiger partial charge is 0.283 e. The molecule has 8 nitrogen and oxygen atoms in total. The number of carbonyl (C=O) groups excluding carboxylic acids is 1. The van der Waals surface area contributed by atoms with Gasteiger partial charge in [0.25, 0.3) is 5.91 Å². The number of aryl methyl sites for hydroxylation is 2. The van der Waals surface area contributed by atoms with Gasteiger partial charge in [0.2, 0.25) is 0 Å². The molecule has 0 radical (unpaired) electrons. The van der Waals surface area contributed by atoms with Gasteiger partial charge in [-0.3, -0.25) is 4.79 Å². The largest absolute Gasteiger partial charge is 0.397 e. The standard InChI is InChI=1S/C21H29N7OS/c1-5-7-14-12-16(23-9-11-27(2)3)25-21-17(14)18(22)19(30-21)20(29)26-24-13-15-8-6-10-28(15)4/h6,8,10,12-13H,5,7,9,11,22H2,1-4H3,(H,23,25)(H,26,29)/b24-13+. The van der Waals surface area contributed by atoms with Gasteiger partial charge < -0.3 is 20.5 Å². The fourth-order valence-corrected chi connectivity index (χ4v) is 4.18. The van der Waals surface area contributed by atoms with E-state index in [0.717, 1.165) is 53.2 Å². The van der Waals surface area contributed by atoms with Crippen LogP contribution in [0.25, 0.3) is 10.2 Å². The third kappa shape index (κ3) is 4.98. The lowest BCUT2D eigenvalue weighted by atomic mass is 10.1. The Bertz CT molecular complexity index is 1050. The third-order valence-electron chi connectivity index (χ3n) is 4.72. The first-order chi connectivity index (χ1) is 14.4. The van der Waals surface area contributed by atoms with Crippen LogP contribution in [-0.4, -0.2) is 53.8 Å². The van der Waals surface area contributed by atoms with Crippen molar-refractivity contribution in [2.75, 3.05) is 38.2 Å². The topological polar surface area (TPSA) is 101 Å². The Morgan fingerprint density at radius 1 is 1.43 bits per heavy atom. The Balaban J connectivity index is 1.85. The van der Waals surface area contributed by atoms with E-state index in [-0.39, 0.29) is 5.91 Å². The predicted molar refractivity (Wildman–Crippen MR) is 126 cm³/mol. The Labute approximate surface area is 180 Å². The normalized spacial score (nSPS) is 11.6. The highest BCUT2D eigenvalue weighted by atomic mass is 32.1. The SMILES string of the molecule is CCCc1cc(NCCN(C)C)nc2sc(C(=O)N/N=C/c3cccn3C)c(N)c12. The molecule has 4 N–H and O–H groups in total. The molecule has 3 aromatic heterocycles. The first-order valence-electron chi connectivity index (χ1n) is 9.96. The van der Waals surface area contributed by atoms with E-state index in [1.54, 1.807) is 6.21 Å². The van der Waals surface area contributed by atoms with E-state index in [1.165, 1.54) is 11.3 Å². The van der Waals surface area contributed by atoms with Crippen LogP contribution >= 0.6 is 11.3 Å². The molecule has 1 amide bonds. The second-order valence-electron chi connectivity index (χ2n) is 7.41. The summed E-state index contributed by atoms with van der Waals surface area (Å²) in [7, 11) is 5.98. The second kappa shape index (κ2) is 9.73. The highest BCUT2D eigenvalue weighted by molar-refractivity contribution is 7.21. The molecule has 0 atom stereocenters. The van der Waals surface area contributed by atoms with Crippen LogP contribution in [0.5, 0.6) is 0 Å². The lowest BCUT2D eigenvalue weighted by Gasteiger charge is -2.12. The maximum atomic E-state index is 12.7. The highest BCUT2D eigenvalue weighted by Crippen LogP contribution is 2.36. The Kier molecular flexibility index (Phi) is 7.07. The number of carbonyl (C=O) groups is 1. The molecule has 0 aromatic carbocycles. The maximum Gasteiger partial charge on any atom is 0.283 e. The van der Waals surface area contributed by atoms with Crippen molar-refractivity contribution >= 4 is 45.2 Å². The van der Waals surface area contributed by atoms with Gasteiger partial charge in [-0.25, -0.2) is 10.4 Å². The molecular formula is C21H29N7OS. The third-order valence-corrected chi connectivity index (χ3v) is 5.82. The van der Waals surface area contributed by atoms with Crippen molar-refractivity contribution in [1.82, 2.24) is 19.9 Å². The number of nitrogens with one attached hydrogen (secondary N) is 2. The van der Waals surface area contributed by atoms with Crippen molar-refractivity contribution in [2.45, 2.75) is 19.8 Å². The van der Waals surface area contributed by atoms with E-state index in [4.69, 9.17) is 10.7 Å². The van der Waals surface area contributed by atoms with E-state index in [0.29, 0.717) is 10.6 Å². The summed E-state index contributed by atoms with van der Waals surface area (Å²) < 4.78 is 1.91. The van der Waals surface area contributed by atoms with Gasteiger partial charge in [0.1, 0.15) is 15.5 Å². The van der Waals surface area contributed by atoms with Gasteiger partial charge in [-0.1, -0.05) is 13.3 Å². The van der Waals surface area contributed by atoms with Crippen molar-refractivity contribution in [3.8, 4) is 0 Å². The van der Waals surface area contributed by atoms with Crippen LogP contribution in [0.3, 0.4) is 0 Å². The van der Waals surface area contributed by atoms with Crippen LogP contribution in [0.4, 0.5) is 11.5 Å².